The predicted molar refractivity (Wildman–Crippen MR) is 96.3 cm³/mol. The van der Waals surface area contributed by atoms with Crippen LogP contribution in [0.2, 0.25) is 0 Å². The van der Waals surface area contributed by atoms with Crippen LogP contribution in [-0.2, 0) is 11.2 Å². The van der Waals surface area contributed by atoms with Gasteiger partial charge in [-0.1, -0.05) is 23.4 Å². The van der Waals surface area contributed by atoms with Gasteiger partial charge in [-0.3, -0.25) is 14.9 Å². The van der Waals surface area contributed by atoms with Crippen molar-refractivity contribution in [2.45, 2.75) is 12.8 Å². The molecular formula is C18H16N4O5. The summed E-state index contributed by atoms with van der Waals surface area (Å²) in [6.45, 7) is 0. The molecular weight excluding hydrogens is 352 g/mol. The number of nitro groups is 1. The summed E-state index contributed by atoms with van der Waals surface area (Å²) in [6.07, 6.45) is 0.347. The molecule has 1 amide bonds. The van der Waals surface area contributed by atoms with E-state index in [1.54, 1.807) is 19.2 Å². The lowest BCUT2D eigenvalue weighted by molar-refractivity contribution is -0.384. The Kier molecular flexibility index (Phi) is 5.41. The van der Waals surface area contributed by atoms with Crippen molar-refractivity contribution in [1.82, 2.24) is 10.1 Å². The number of aryl methyl sites for hydroxylation is 1. The van der Waals surface area contributed by atoms with Gasteiger partial charge in [-0.25, -0.2) is 0 Å². The maximum atomic E-state index is 12.0. The molecule has 3 aromatic rings. The number of rotatable bonds is 7. The zero-order valence-corrected chi connectivity index (χ0v) is 14.4. The summed E-state index contributed by atoms with van der Waals surface area (Å²) >= 11 is 0. The van der Waals surface area contributed by atoms with E-state index in [4.69, 9.17) is 9.26 Å². The predicted octanol–water partition coefficient (Wildman–Crippen LogP) is 3.22. The summed E-state index contributed by atoms with van der Waals surface area (Å²) in [7, 11) is 1.57. The SMILES string of the molecule is COc1cccc(-c2noc(CCC(=O)Nc3cccc([N+](=O)[O-])c3)n2)c1. The highest BCUT2D eigenvalue weighted by Crippen LogP contribution is 2.21. The third-order valence-electron chi connectivity index (χ3n) is 3.70. The Bertz CT molecular complexity index is 970. The number of nitrogens with one attached hydrogen (secondary N) is 1. The molecule has 2 aromatic carbocycles. The van der Waals surface area contributed by atoms with Gasteiger partial charge in [-0.05, 0) is 18.2 Å². The number of non-ortho nitro benzene ring substituents is 1. The Morgan fingerprint density at radius 2 is 2.07 bits per heavy atom. The van der Waals surface area contributed by atoms with E-state index in [0.29, 0.717) is 23.2 Å². The average Bonchev–Trinajstić information content (AvgIpc) is 3.16. The first-order valence-electron chi connectivity index (χ1n) is 8.06. The van der Waals surface area contributed by atoms with Crippen LogP contribution in [0.4, 0.5) is 11.4 Å². The van der Waals surface area contributed by atoms with E-state index >= 15 is 0 Å². The number of nitro benzene ring substituents is 1. The number of carbonyl (C=O) groups excluding carboxylic acids is 1. The number of carbonyl (C=O) groups is 1. The zero-order chi connectivity index (χ0) is 19.2. The van der Waals surface area contributed by atoms with Gasteiger partial charge in [-0.15, -0.1) is 0 Å². The van der Waals surface area contributed by atoms with E-state index in [9.17, 15) is 14.9 Å². The topological polar surface area (TPSA) is 120 Å². The molecule has 0 atom stereocenters. The molecule has 0 fully saturated rings. The molecule has 1 N–H and O–H groups in total. The lowest BCUT2D eigenvalue weighted by atomic mass is 10.2. The number of amides is 1. The fourth-order valence-corrected chi connectivity index (χ4v) is 2.38. The molecule has 0 saturated carbocycles. The monoisotopic (exact) mass is 368 g/mol. The normalized spacial score (nSPS) is 10.4. The molecule has 3 rings (SSSR count). The fraction of sp³-hybridized carbons (Fsp3) is 0.167. The summed E-state index contributed by atoms with van der Waals surface area (Å²) in [6, 6.07) is 13.0. The Morgan fingerprint density at radius 3 is 2.85 bits per heavy atom. The maximum absolute atomic E-state index is 12.0. The molecule has 0 aliphatic carbocycles. The number of methoxy groups -OCH3 is 1. The van der Waals surface area contributed by atoms with E-state index in [-0.39, 0.29) is 24.4 Å². The summed E-state index contributed by atoms with van der Waals surface area (Å²) in [5, 5.41) is 17.3. The molecule has 9 heteroatoms. The molecule has 27 heavy (non-hydrogen) atoms. The maximum Gasteiger partial charge on any atom is 0.271 e. The van der Waals surface area contributed by atoms with Crippen LogP contribution in [-0.4, -0.2) is 28.1 Å². The van der Waals surface area contributed by atoms with Crippen LogP contribution in [0, 0.1) is 10.1 Å². The second kappa shape index (κ2) is 8.09. The van der Waals surface area contributed by atoms with Crippen molar-refractivity contribution in [2.24, 2.45) is 0 Å². The van der Waals surface area contributed by atoms with Crippen LogP contribution in [0.15, 0.2) is 53.1 Å². The smallest absolute Gasteiger partial charge is 0.271 e. The first kappa shape index (κ1) is 18.1. The highest BCUT2D eigenvalue weighted by Gasteiger charge is 2.12. The number of benzene rings is 2. The Balaban J connectivity index is 1.59. The van der Waals surface area contributed by atoms with Crippen molar-refractivity contribution in [1.29, 1.82) is 0 Å². The summed E-state index contributed by atoms with van der Waals surface area (Å²) in [4.78, 5) is 26.6. The van der Waals surface area contributed by atoms with Crippen molar-refractivity contribution in [3.8, 4) is 17.1 Å². The summed E-state index contributed by atoms with van der Waals surface area (Å²) in [5.41, 5.74) is 1.01. The lowest BCUT2D eigenvalue weighted by Crippen LogP contribution is -2.12. The van der Waals surface area contributed by atoms with Gasteiger partial charge in [0.1, 0.15) is 5.75 Å². The van der Waals surface area contributed by atoms with E-state index in [0.717, 1.165) is 5.56 Å². The van der Waals surface area contributed by atoms with Crippen LogP contribution in [0.25, 0.3) is 11.4 Å². The van der Waals surface area contributed by atoms with Crippen LogP contribution >= 0.6 is 0 Å². The second-order valence-corrected chi connectivity index (χ2v) is 5.60. The van der Waals surface area contributed by atoms with Crippen molar-refractivity contribution >= 4 is 17.3 Å². The van der Waals surface area contributed by atoms with Gasteiger partial charge in [-0.2, -0.15) is 4.98 Å². The number of nitrogens with zero attached hydrogens (tertiary/aromatic N) is 3. The molecule has 1 heterocycles. The Labute approximate surface area is 154 Å². The number of hydrogen-bond acceptors (Lipinski definition) is 7. The van der Waals surface area contributed by atoms with Gasteiger partial charge >= 0.3 is 0 Å². The van der Waals surface area contributed by atoms with Crippen LogP contribution in [0.3, 0.4) is 0 Å². The van der Waals surface area contributed by atoms with E-state index in [1.165, 1.54) is 18.2 Å². The largest absolute Gasteiger partial charge is 0.497 e. The van der Waals surface area contributed by atoms with Gasteiger partial charge in [0.15, 0.2) is 0 Å². The number of hydrogen-bond donors (Lipinski definition) is 1. The third kappa shape index (κ3) is 4.66. The Hall–Kier alpha value is -3.75. The molecule has 0 bridgehead atoms. The van der Waals surface area contributed by atoms with Gasteiger partial charge in [0, 0.05) is 36.2 Å². The highest BCUT2D eigenvalue weighted by atomic mass is 16.6. The van der Waals surface area contributed by atoms with Gasteiger partial charge in [0.2, 0.25) is 17.6 Å². The minimum Gasteiger partial charge on any atom is -0.497 e. The molecule has 0 aliphatic rings. The van der Waals surface area contributed by atoms with Crippen molar-refractivity contribution in [3.63, 3.8) is 0 Å². The highest BCUT2D eigenvalue weighted by molar-refractivity contribution is 5.91. The van der Waals surface area contributed by atoms with E-state index < -0.39 is 4.92 Å². The zero-order valence-electron chi connectivity index (χ0n) is 14.4. The summed E-state index contributed by atoms with van der Waals surface area (Å²) < 4.78 is 10.3. The molecule has 0 saturated heterocycles. The molecule has 0 radical (unpaired) electrons. The molecule has 0 aliphatic heterocycles. The van der Waals surface area contributed by atoms with E-state index in [2.05, 4.69) is 15.5 Å². The van der Waals surface area contributed by atoms with Crippen molar-refractivity contribution in [2.75, 3.05) is 12.4 Å². The molecule has 0 unspecified atom stereocenters. The van der Waals surface area contributed by atoms with E-state index in [1.807, 2.05) is 18.2 Å². The molecule has 138 valence electrons. The molecule has 9 nitrogen and oxygen atoms in total. The number of anilines is 1. The van der Waals surface area contributed by atoms with Crippen LogP contribution in [0.1, 0.15) is 12.3 Å². The minimum atomic E-state index is -0.520. The van der Waals surface area contributed by atoms with Crippen molar-refractivity contribution < 1.29 is 19.0 Å². The van der Waals surface area contributed by atoms with Gasteiger partial charge in [0.25, 0.3) is 5.69 Å². The number of aromatic nitrogens is 2. The molecule has 0 spiro atoms. The lowest BCUT2D eigenvalue weighted by Gasteiger charge is -2.03. The molecule has 1 aromatic heterocycles. The van der Waals surface area contributed by atoms with Crippen LogP contribution < -0.4 is 10.1 Å². The standard InChI is InChI=1S/C18H16N4O5/c1-26-15-7-2-4-12(10-15)18-20-17(27-21-18)9-8-16(23)19-13-5-3-6-14(11-13)22(24)25/h2-7,10-11H,8-9H2,1H3,(H,19,23). The third-order valence-corrected chi connectivity index (χ3v) is 3.70. The van der Waals surface area contributed by atoms with Gasteiger partial charge in [0.05, 0.1) is 12.0 Å². The fourth-order valence-electron chi connectivity index (χ4n) is 2.38. The minimum absolute atomic E-state index is 0.0902. The first-order valence-corrected chi connectivity index (χ1v) is 8.06. The second-order valence-electron chi connectivity index (χ2n) is 5.60. The quantitative estimate of drug-likeness (QED) is 0.502. The average molecular weight is 368 g/mol. The Morgan fingerprint density at radius 1 is 1.26 bits per heavy atom. The number of ether oxygens (including phenoxy) is 1. The van der Waals surface area contributed by atoms with Gasteiger partial charge < -0.3 is 14.6 Å². The first-order chi connectivity index (χ1) is 13.0. The van der Waals surface area contributed by atoms with Crippen molar-refractivity contribution in [3.05, 3.63) is 64.5 Å². The van der Waals surface area contributed by atoms with Crippen LogP contribution in [0.5, 0.6) is 5.75 Å². The summed E-state index contributed by atoms with van der Waals surface area (Å²) in [5.74, 6) is 1.09.